The van der Waals surface area contributed by atoms with Crippen LogP contribution in [0, 0.1) is 0 Å². The first-order chi connectivity index (χ1) is 7.65. The van der Waals surface area contributed by atoms with Gasteiger partial charge in [-0.15, -0.1) is 0 Å². The summed E-state index contributed by atoms with van der Waals surface area (Å²) in [5.41, 5.74) is 8.59. The monoisotopic (exact) mass is 231 g/mol. The number of hydrogen-bond donors (Lipinski definition) is 5. The first kappa shape index (κ1) is 14.7. The molecule has 1 atom stereocenters. The van der Waals surface area contributed by atoms with Crippen LogP contribution in [0.15, 0.2) is 11.9 Å². The molecule has 0 rings (SSSR count). The molecule has 0 bridgehead atoms. The van der Waals surface area contributed by atoms with Gasteiger partial charge in [0.2, 0.25) is 0 Å². The zero-order chi connectivity index (χ0) is 12.4. The van der Waals surface area contributed by atoms with Gasteiger partial charge in [-0.25, -0.2) is 4.79 Å². The second-order valence-corrected chi connectivity index (χ2v) is 3.37. The zero-order valence-electron chi connectivity index (χ0n) is 9.53. The minimum Gasteiger partial charge on any atom is -0.389 e. The van der Waals surface area contributed by atoms with Crippen molar-refractivity contribution in [1.82, 2.24) is 10.7 Å². The second kappa shape index (κ2) is 8.96. The van der Waals surface area contributed by atoms with Crippen molar-refractivity contribution in [3.63, 3.8) is 0 Å². The number of nitrogens with one attached hydrogen (secondary N) is 2. The molecule has 94 valence electrons. The van der Waals surface area contributed by atoms with E-state index in [1.165, 1.54) is 0 Å². The van der Waals surface area contributed by atoms with Crippen LogP contribution in [-0.2, 0) is 9.63 Å². The number of nitrogens with two attached hydrogens (primary N) is 3. The summed E-state index contributed by atoms with van der Waals surface area (Å²) in [6.07, 6.45) is 4.10. The molecule has 0 amide bonds. The lowest BCUT2D eigenvalue weighted by molar-refractivity contribution is -0.145. The molecule has 0 aliphatic carbocycles. The van der Waals surface area contributed by atoms with E-state index >= 15 is 0 Å². The highest BCUT2D eigenvalue weighted by atomic mass is 16.7. The smallest absolute Gasteiger partial charge is 0.341 e. The molecule has 0 radical (unpaired) electrons. The van der Waals surface area contributed by atoms with E-state index in [0.29, 0.717) is 5.70 Å². The van der Waals surface area contributed by atoms with Gasteiger partial charge in [0.05, 0.1) is 0 Å². The molecule has 0 saturated carbocycles. The lowest BCUT2D eigenvalue weighted by Gasteiger charge is -2.11. The number of hydrazine groups is 1. The average Bonchev–Trinajstić information content (AvgIpc) is 2.31. The van der Waals surface area contributed by atoms with Crippen LogP contribution >= 0.6 is 0 Å². The van der Waals surface area contributed by atoms with Gasteiger partial charge in [-0.3, -0.25) is 5.84 Å². The fourth-order valence-electron chi connectivity index (χ4n) is 1.04. The van der Waals surface area contributed by atoms with Gasteiger partial charge in [-0.05, 0) is 6.42 Å². The molecule has 7 heteroatoms. The normalized spacial score (nSPS) is 13.1. The molecule has 16 heavy (non-hydrogen) atoms. The minimum absolute atomic E-state index is 0.242. The van der Waals surface area contributed by atoms with Gasteiger partial charge in [0, 0.05) is 24.9 Å². The van der Waals surface area contributed by atoms with E-state index in [-0.39, 0.29) is 6.42 Å². The third-order valence-corrected chi connectivity index (χ3v) is 2.00. The first-order valence-electron chi connectivity index (χ1n) is 5.20. The van der Waals surface area contributed by atoms with Gasteiger partial charge in [0.25, 0.3) is 0 Å². The number of carbonyl (C=O) groups is 1. The molecule has 8 N–H and O–H groups in total. The first-order valence-corrected chi connectivity index (χ1v) is 5.20. The largest absolute Gasteiger partial charge is 0.389 e. The molecule has 0 aliphatic heterocycles. The highest BCUT2D eigenvalue weighted by molar-refractivity contribution is 5.75. The molecule has 0 aromatic heterocycles. The molecule has 0 aliphatic rings. The summed E-state index contributed by atoms with van der Waals surface area (Å²) in [6, 6.07) is -0.819. The van der Waals surface area contributed by atoms with E-state index in [1.807, 2.05) is 0 Å². The van der Waals surface area contributed by atoms with E-state index < -0.39 is 12.0 Å². The van der Waals surface area contributed by atoms with Crippen molar-refractivity contribution in [2.75, 3.05) is 6.54 Å². The summed E-state index contributed by atoms with van der Waals surface area (Å²) < 4.78 is 0. The fraction of sp³-hybridized carbons (Fsp3) is 0.667. The van der Waals surface area contributed by atoms with Crippen LogP contribution in [0.4, 0.5) is 0 Å². The third kappa shape index (κ3) is 6.23. The molecule has 0 aromatic carbocycles. The molecular weight excluding hydrogens is 210 g/mol. The molecule has 0 saturated heterocycles. The van der Waals surface area contributed by atoms with Crippen molar-refractivity contribution in [2.45, 2.75) is 32.2 Å². The van der Waals surface area contributed by atoms with Crippen molar-refractivity contribution in [2.24, 2.45) is 17.5 Å². The van der Waals surface area contributed by atoms with Crippen LogP contribution in [0.2, 0.25) is 0 Å². The van der Waals surface area contributed by atoms with E-state index in [4.69, 9.17) is 17.5 Å². The Labute approximate surface area is 95.3 Å². The number of hydrogen-bond acceptors (Lipinski definition) is 7. The Morgan fingerprint density at radius 2 is 2.25 bits per heavy atom. The Morgan fingerprint density at radius 3 is 2.75 bits per heavy atom. The van der Waals surface area contributed by atoms with Gasteiger partial charge in [-0.2, -0.15) is 5.90 Å². The Morgan fingerprint density at radius 1 is 1.56 bits per heavy atom. The predicted octanol–water partition coefficient (Wildman–Crippen LogP) is -1.18. The summed E-state index contributed by atoms with van der Waals surface area (Å²) in [6.45, 7) is 2.94. The van der Waals surface area contributed by atoms with Gasteiger partial charge in [0.1, 0.15) is 6.04 Å². The van der Waals surface area contributed by atoms with Gasteiger partial charge in [-0.1, -0.05) is 13.3 Å². The van der Waals surface area contributed by atoms with E-state index in [1.54, 1.807) is 6.20 Å². The van der Waals surface area contributed by atoms with Crippen LogP contribution in [0.3, 0.4) is 0 Å². The molecular formula is C9H21N5O2. The average molecular weight is 231 g/mol. The number of rotatable bonds is 8. The maximum atomic E-state index is 11.0. The molecule has 0 spiro atoms. The summed E-state index contributed by atoms with van der Waals surface area (Å²) in [4.78, 5) is 15.0. The second-order valence-electron chi connectivity index (χ2n) is 3.37. The van der Waals surface area contributed by atoms with Crippen molar-refractivity contribution in [3.05, 3.63) is 11.9 Å². The van der Waals surface area contributed by atoms with E-state index in [0.717, 1.165) is 19.4 Å². The summed E-state index contributed by atoms with van der Waals surface area (Å²) >= 11 is 0. The van der Waals surface area contributed by atoms with Crippen LogP contribution < -0.4 is 28.2 Å². The molecule has 0 fully saturated rings. The van der Waals surface area contributed by atoms with E-state index in [2.05, 4.69) is 22.5 Å². The predicted molar refractivity (Wildman–Crippen MR) is 61.2 cm³/mol. The van der Waals surface area contributed by atoms with Crippen molar-refractivity contribution < 1.29 is 9.63 Å². The van der Waals surface area contributed by atoms with Gasteiger partial charge < -0.3 is 21.3 Å². The molecule has 0 aromatic rings. The number of carbonyl (C=O) groups excluding carboxylic acids is 1. The Kier molecular flexibility index (Phi) is 8.22. The molecule has 0 unspecified atom stereocenters. The quantitative estimate of drug-likeness (QED) is 0.202. The lowest BCUT2D eigenvalue weighted by Crippen LogP contribution is -2.37. The lowest BCUT2D eigenvalue weighted by atomic mass is 10.2. The third-order valence-electron chi connectivity index (χ3n) is 2.00. The van der Waals surface area contributed by atoms with Crippen molar-refractivity contribution in [1.29, 1.82) is 0 Å². The Balaban J connectivity index is 4.02. The highest BCUT2D eigenvalue weighted by Crippen LogP contribution is 1.99. The molecule has 0 heterocycles. The van der Waals surface area contributed by atoms with Gasteiger partial charge >= 0.3 is 5.97 Å². The standard InChI is InChI=1S/C9H21N5O2/c1-2-3-4-13-6-7(14-11)5-8(10)9(15)16-12/h6,8,13-14H,2-5,10-12H2,1H3/b7-6-/t8-/m1/s1. The Hall–Kier alpha value is -1.31. The minimum atomic E-state index is -0.819. The SMILES string of the molecule is CCCCN/C=C(/C[C@@H](N)C(=O)ON)NN. The van der Waals surface area contributed by atoms with Crippen LogP contribution in [0.25, 0.3) is 0 Å². The molecule has 7 nitrogen and oxygen atoms in total. The maximum Gasteiger partial charge on any atom is 0.341 e. The van der Waals surface area contributed by atoms with Crippen molar-refractivity contribution >= 4 is 5.97 Å². The van der Waals surface area contributed by atoms with Gasteiger partial charge in [0.15, 0.2) is 0 Å². The summed E-state index contributed by atoms with van der Waals surface area (Å²) in [5.74, 6) is 9.32. The van der Waals surface area contributed by atoms with Crippen molar-refractivity contribution in [3.8, 4) is 0 Å². The van der Waals surface area contributed by atoms with E-state index in [9.17, 15) is 4.79 Å². The summed E-state index contributed by atoms with van der Waals surface area (Å²) in [7, 11) is 0. The topological polar surface area (TPSA) is 128 Å². The zero-order valence-corrected chi connectivity index (χ0v) is 9.53. The van der Waals surface area contributed by atoms with Crippen LogP contribution in [-0.4, -0.2) is 18.6 Å². The Bertz CT molecular complexity index is 232. The maximum absolute atomic E-state index is 11.0. The fourth-order valence-corrected chi connectivity index (χ4v) is 1.04. The van der Waals surface area contributed by atoms with Crippen LogP contribution in [0.1, 0.15) is 26.2 Å². The highest BCUT2D eigenvalue weighted by Gasteiger charge is 2.15. The summed E-state index contributed by atoms with van der Waals surface area (Å²) in [5, 5.41) is 3.06. The number of unbranched alkanes of at least 4 members (excludes halogenated alkanes) is 1. The van der Waals surface area contributed by atoms with Crippen LogP contribution in [0.5, 0.6) is 0 Å².